The van der Waals surface area contributed by atoms with Crippen molar-refractivity contribution in [3.63, 3.8) is 0 Å². The van der Waals surface area contributed by atoms with E-state index in [0.717, 1.165) is 0 Å². The van der Waals surface area contributed by atoms with E-state index in [4.69, 9.17) is 8.42 Å². The molecule has 0 aliphatic heterocycles. The molecule has 0 fully saturated rings. The number of hydrogen-bond donors (Lipinski definition) is 0. The summed E-state index contributed by atoms with van der Waals surface area (Å²) in [5.41, 5.74) is 0. The molecule has 0 aromatic rings. The molecule has 0 saturated heterocycles. The van der Waals surface area contributed by atoms with Crippen LogP contribution in [0.3, 0.4) is 0 Å². The number of halogens is 12. The molecule has 0 heterocycles. The van der Waals surface area contributed by atoms with Gasteiger partial charge in [0.05, 0.1) is 0 Å². The van der Waals surface area contributed by atoms with Crippen LogP contribution in [0.1, 0.15) is 0 Å². The Morgan fingerprint density at radius 2 is 0.632 bits per heavy atom. The third kappa shape index (κ3) is 5.73. The minimum Gasteiger partial charge on any atom is -0.189 e. The summed E-state index contributed by atoms with van der Waals surface area (Å²) < 4.78 is 150. The zero-order valence-electron chi connectivity index (χ0n) is 7.76. The lowest BCUT2D eigenvalue weighted by Crippen LogP contribution is -2.59. The third-order valence-corrected chi connectivity index (χ3v) is 1.11. The van der Waals surface area contributed by atoms with Gasteiger partial charge in [-0.2, -0.15) is 52.3 Å². The van der Waals surface area contributed by atoms with Gasteiger partial charge in [-0.15, -0.1) is 0 Å². The molecule has 0 atom stereocenters. The largest absolute Gasteiger partial charge is 0.476 e. The molecule has 0 saturated carbocycles. The normalized spacial score (nSPS) is 14.7. The summed E-state index contributed by atoms with van der Waals surface area (Å²) in [6, 6.07) is 0. The maximum Gasteiger partial charge on any atom is 0.476 e. The van der Waals surface area contributed by atoms with Crippen molar-refractivity contribution in [3.8, 4) is 0 Å². The number of rotatable bonds is 1. The average Bonchev–Trinajstić information content (AvgIpc) is 1.95. The molecule has 0 aliphatic carbocycles. The highest BCUT2D eigenvalue weighted by Gasteiger charge is 2.82. The summed E-state index contributed by atoms with van der Waals surface area (Å²) in [6.45, 7) is 0. The van der Waals surface area contributed by atoms with Gasteiger partial charge in [0, 0.05) is 0 Å². The first-order chi connectivity index (χ1) is 7.75. The number of alkyl halides is 10. The van der Waals surface area contributed by atoms with E-state index in [-0.39, 0.29) is 0 Å². The Bertz CT molecular complexity index is 355. The predicted molar refractivity (Wildman–Crippen MR) is 33.1 cm³/mol. The van der Waals surface area contributed by atoms with Gasteiger partial charge in [-0.1, -0.05) is 7.77 Å². The molecule has 0 N–H and O–H groups in total. The molecule has 2 nitrogen and oxygen atoms in total. The van der Waals surface area contributed by atoms with E-state index in [0.29, 0.717) is 0 Å². The highest BCUT2D eigenvalue weighted by Crippen LogP contribution is 2.53. The summed E-state index contributed by atoms with van der Waals surface area (Å²) >= 11 is 0. The fourth-order valence-corrected chi connectivity index (χ4v) is 0.356. The van der Waals surface area contributed by atoms with Gasteiger partial charge in [0.25, 0.3) is 0 Å². The van der Waals surface area contributed by atoms with Crippen LogP contribution in [-0.2, 0) is 10.6 Å². The van der Waals surface area contributed by atoms with Crippen LogP contribution in [0.2, 0.25) is 0 Å². The van der Waals surface area contributed by atoms with Crippen LogP contribution >= 0.6 is 0 Å². The standard InChI is InChI=1S/C4F10.F2O2S/c5-1(6,3(9,10)11)2(7,8)4(12,13)14;1-5(2,3)4. The second kappa shape index (κ2) is 5.24. The molecule has 118 valence electrons. The second-order valence-electron chi connectivity index (χ2n) is 2.52. The van der Waals surface area contributed by atoms with E-state index in [9.17, 15) is 51.7 Å². The van der Waals surface area contributed by atoms with Crippen molar-refractivity contribution < 1.29 is 60.1 Å². The lowest BCUT2D eigenvalue weighted by molar-refractivity contribution is -0.419. The molecule has 0 bridgehead atoms. The van der Waals surface area contributed by atoms with Gasteiger partial charge in [-0.25, -0.2) is 0 Å². The van der Waals surface area contributed by atoms with Crippen molar-refractivity contribution in [1.82, 2.24) is 0 Å². The zero-order chi connectivity index (χ0) is 16.5. The Morgan fingerprint density at radius 3 is 0.684 bits per heavy atom. The van der Waals surface area contributed by atoms with Crippen molar-refractivity contribution in [2.24, 2.45) is 0 Å². The van der Waals surface area contributed by atoms with E-state index in [1.807, 2.05) is 0 Å². The molecular formula is C4F12O2S. The number of hydrogen-bond acceptors (Lipinski definition) is 2. The Balaban J connectivity index is 0. The predicted octanol–water partition coefficient (Wildman–Crippen LogP) is 3.55. The first-order valence-electron chi connectivity index (χ1n) is 3.28. The van der Waals surface area contributed by atoms with Gasteiger partial charge in [0.15, 0.2) is 0 Å². The van der Waals surface area contributed by atoms with Crippen LogP contribution in [0.5, 0.6) is 0 Å². The summed E-state index contributed by atoms with van der Waals surface area (Å²) in [6.07, 6.45) is -13.9. The van der Waals surface area contributed by atoms with E-state index in [1.54, 1.807) is 0 Å². The van der Waals surface area contributed by atoms with Gasteiger partial charge in [-0.3, -0.25) is 0 Å². The van der Waals surface area contributed by atoms with Crippen LogP contribution in [0.25, 0.3) is 0 Å². The molecule has 15 heteroatoms. The van der Waals surface area contributed by atoms with Crippen molar-refractivity contribution in [2.75, 3.05) is 0 Å². The summed E-state index contributed by atoms with van der Waals surface area (Å²) in [7, 11) is -5.67. The smallest absolute Gasteiger partial charge is 0.189 e. The highest BCUT2D eigenvalue weighted by molar-refractivity contribution is 7.81. The SMILES string of the molecule is FC(F)(F)C(F)(F)C(F)(F)C(F)(F)F.O=S(=O)(F)F. The second-order valence-corrected chi connectivity index (χ2v) is 3.28. The van der Waals surface area contributed by atoms with Gasteiger partial charge >= 0.3 is 34.8 Å². The molecule has 0 unspecified atom stereocenters. The van der Waals surface area contributed by atoms with Crippen LogP contribution in [0.4, 0.5) is 51.7 Å². The lowest BCUT2D eigenvalue weighted by Gasteiger charge is -2.29. The quantitative estimate of drug-likeness (QED) is 0.540. The van der Waals surface area contributed by atoms with Gasteiger partial charge in [-0.05, 0) is 0 Å². The zero-order valence-corrected chi connectivity index (χ0v) is 8.58. The molecule has 19 heavy (non-hydrogen) atoms. The van der Waals surface area contributed by atoms with E-state index >= 15 is 0 Å². The van der Waals surface area contributed by atoms with Crippen LogP contribution < -0.4 is 0 Å². The van der Waals surface area contributed by atoms with Gasteiger partial charge in [0.1, 0.15) is 0 Å². The molecule has 0 amide bonds. The molecule has 0 aliphatic rings. The molecule has 0 aromatic carbocycles. The molecule has 0 radical (unpaired) electrons. The lowest BCUT2D eigenvalue weighted by atomic mass is 10.1. The summed E-state index contributed by atoms with van der Waals surface area (Å²) in [4.78, 5) is 0. The van der Waals surface area contributed by atoms with Crippen molar-refractivity contribution >= 4 is 10.6 Å². The molecule has 0 aromatic heterocycles. The fraction of sp³-hybridized carbons (Fsp3) is 1.00. The maximum atomic E-state index is 11.6. The van der Waals surface area contributed by atoms with Crippen molar-refractivity contribution in [1.29, 1.82) is 0 Å². The Kier molecular flexibility index (Phi) is 5.63. The Hall–Kier alpha value is -0.890. The summed E-state index contributed by atoms with van der Waals surface area (Å²) in [5, 5.41) is 0. The first kappa shape index (κ1) is 20.4. The Labute approximate surface area is 96.0 Å². The highest BCUT2D eigenvalue weighted by atomic mass is 32.3. The van der Waals surface area contributed by atoms with Crippen LogP contribution in [0, 0.1) is 0 Å². The monoisotopic (exact) mass is 340 g/mol. The van der Waals surface area contributed by atoms with Crippen molar-refractivity contribution in [2.45, 2.75) is 24.2 Å². The van der Waals surface area contributed by atoms with E-state index < -0.39 is 34.8 Å². The molecule has 0 rings (SSSR count). The van der Waals surface area contributed by atoms with Gasteiger partial charge in [0.2, 0.25) is 0 Å². The van der Waals surface area contributed by atoms with Gasteiger partial charge < -0.3 is 0 Å². The van der Waals surface area contributed by atoms with Crippen molar-refractivity contribution in [3.05, 3.63) is 0 Å². The Morgan fingerprint density at radius 1 is 0.526 bits per heavy atom. The van der Waals surface area contributed by atoms with E-state index in [1.165, 1.54) is 0 Å². The molecule has 0 spiro atoms. The third-order valence-electron chi connectivity index (χ3n) is 1.11. The van der Waals surface area contributed by atoms with Crippen LogP contribution in [0.15, 0.2) is 0 Å². The van der Waals surface area contributed by atoms with Crippen LogP contribution in [-0.4, -0.2) is 32.6 Å². The average molecular weight is 340 g/mol. The minimum absolute atomic E-state index is 5.67. The minimum atomic E-state index is -7.14. The summed E-state index contributed by atoms with van der Waals surface area (Å²) in [5.74, 6) is -14.3. The topological polar surface area (TPSA) is 34.1 Å². The fourth-order valence-electron chi connectivity index (χ4n) is 0.356. The molecular weight excluding hydrogens is 340 g/mol. The van der Waals surface area contributed by atoms with E-state index in [2.05, 4.69) is 0 Å². The maximum absolute atomic E-state index is 11.6. The first-order valence-corrected chi connectivity index (χ1v) is 4.57.